The molecule has 734 valence electrons. The first-order valence-electron chi connectivity index (χ1n) is 36.4. The Labute approximate surface area is 750 Å². The maximum Gasteiger partial charge on any atom is 0.351 e. The molecule has 4 fully saturated rings. The third-order valence-corrected chi connectivity index (χ3v) is 35.8. The minimum Gasteiger partial charge on any atom is -0.779 e. The summed E-state index contributed by atoms with van der Waals surface area (Å²) in [7, 11) is -46.0. The molecule has 0 aliphatic carbocycles. The topological polar surface area (TPSA) is 891 Å². The van der Waals surface area contributed by atoms with Crippen LogP contribution >= 0.6 is 89.5 Å². The molecule has 10 heterocycles. The molecule has 73 heteroatoms. The summed E-state index contributed by atoms with van der Waals surface area (Å²) in [6, 6.07) is 0. The zero-order chi connectivity index (χ0) is 98.2. The second kappa shape index (κ2) is 42.5. The number of hydrogen-bond acceptors (Lipinski definition) is 51. The van der Waals surface area contributed by atoms with Gasteiger partial charge in [0.05, 0.1) is 61.6 Å². The molecular formula is C56H85N13O44P12S4-12. The second-order valence-electron chi connectivity index (χ2n) is 31.9. The molecule has 0 radical (unpaired) electrons. The molecule has 4 aliphatic rings. The first-order chi connectivity index (χ1) is 58.1. The summed E-state index contributed by atoms with van der Waals surface area (Å²) in [5.41, 5.74) is 17.3. The van der Waals surface area contributed by atoms with Gasteiger partial charge in [-0.25, -0.2) is 36.8 Å². The predicted octanol–water partition coefficient (Wildman–Crippen LogP) is -1.16. The Morgan fingerprint density at radius 1 is 0.388 bits per heavy atom. The van der Waals surface area contributed by atoms with Crippen LogP contribution in [0.1, 0.15) is 182 Å². The summed E-state index contributed by atoms with van der Waals surface area (Å²) in [5, 5.41) is 1.07. The minimum atomic E-state index is -5.78. The van der Waals surface area contributed by atoms with E-state index in [0.29, 0.717) is 89.5 Å². The Morgan fingerprint density at radius 3 is 1.01 bits per heavy atom. The van der Waals surface area contributed by atoms with Crippen LogP contribution in [0.3, 0.4) is 0 Å². The standard InChI is InChI=1S/C15H25N4O11P3S.C15H25N4O10P3S.C13H24N3O11P3S.C13H23N2O12P3S/c1-15(2,3)9-6-19(12-11(9)13(20)18-14(16)17-12)10-5-4-8(28-10)7-27-33(26,34)30-32(24,25)29-31(21,22)23;1-15(2,3)10-6-19(14-12(10)13(16)17-8-18-14)11-5-4-9(27-11)7-26-32(25,33)29-31(23,24)28-30(20,21)22;1-13(2,3)9-6-16(12(17)15-11(9)14)10-5-4-8(25-10)7-24-30(23,31)27-29(21,22)26-28(18,19)20;1-13(2,3)9-6-15(12(17)14-11(9)16)10-5-4-8(25-10)7-24-30(23,31)27-29(21,22)26-28(18,19)20/h6,8,10H,4-5,7H2,1-3H3,(H,24,25)(H,26,34)(H2,21,22,23)(H3,16,17,18,20);6,8-9,11H,4-5,7H2,1-3H3,(H,23,24)(H,25,33)(H2,16,17,18)(H2,20,21,22);6,8,10H,4-5,7H2,1-3H3,(H,21,22)(H,23,31)(H2,14,15,17)(H2,18,19,20);6,8,10H,4-5,7H2,1-3H3,(H,21,22)(H,23,31)(H,14,16,17)(H2,18,19,20)/p-12/t8-,10+,33?;9-,11+,32?;2*8-,10+,30?/m0000/s1. The van der Waals surface area contributed by atoms with Crippen LogP contribution in [-0.2, 0) is 177 Å². The van der Waals surface area contributed by atoms with Gasteiger partial charge in [0, 0.05) is 35.9 Å². The number of nitrogens with zero attached hydrogens (tertiary/aromatic N) is 8. The van der Waals surface area contributed by atoms with Gasteiger partial charge in [0.2, 0.25) is 5.95 Å². The van der Waals surface area contributed by atoms with Gasteiger partial charge in [0.15, 0.2) is 5.65 Å². The van der Waals surface area contributed by atoms with Crippen molar-refractivity contribution < 1.29 is 186 Å². The van der Waals surface area contributed by atoms with Crippen LogP contribution in [0.2, 0.25) is 0 Å². The molecule has 0 amide bonds. The fraction of sp³-hybridized carbons (Fsp3) is 0.643. The zero-order valence-electron chi connectivity index (χ0n) is 68.9. The van der Waals surface area contributed by atoms with E-state index in [9.17, 15) is 114 Å². The van der Waals surface area contributed by atoms with E-state index >= 15 is 0 Å². The van der Waals surface area contributed by atoms with E-state index in [2.05, 4.69) is 112 Å². The fourth-order valence-corrected chi connectivity index (χ4v) is 27.6. The zero-order valence-corrected chi connectivity index (χ0v) is 82.9. The molecule has 12 unspecified atom stereocenters. The summed E-state index contributed by atoms with van der Waals surface area (Å²) in [5.74, 6) is 0.361. The van der Waals surface area contributed by atoms with Crippen molar-refractivity contribution >= 4 is 176 Å². The number of rotatable bonds is 32. The molecule has 12 N–H and O–H groups in total. The van der Waals surface area contributed by atoms with Crippen LogP contribution in [0.15, 0.2) is 50.3 Å². The summed E-state index contributed by atoms with van der Waals surface area (Å²) in [6.45, 7) is 2.00. The van der Waals surface area contributed by atoms with Gasteiger partial charge in [0.25, 0.3) is 73.7 Å². The van der Waals surface area contributed by atoms with E-state index in [4.69, 9.17) is 73.8 Å². The normalized spacial score (nSPS) is 25.1. The molecule has 129 heavy (non-hydrogen) atoms. The lowest BCUT2D eigenvalue weighted by Crippen LogP contribution is -2.37. The molecule has 20 atom stereocenters. The van der Waals surface area contributed by atoms with Crippen molar-refractivity contribution in [2.45, 2.75) is 205 Å². The largest absolute Gasteiger partial charge is 0.779 e. The van der Waals surface area contributed by atoms with Gasteiger partial charge in [-0.1, -0.05) is 130 Å². The van der Waals surface area contributed by atoms with Crippen molar-refractivity contribution in [3.63, 3.8) is 0 Å². The predicted molar refractivity (Wildman–Crippen MR) is 438 cm³/mol. The average Bonchev–Trinajstić information content (AvgIpc) is 1.61. The third-order valence-electron chi connectivity index (χ3n) is 17.4. The maximum atomic E-state index is 12.6. The molecule has 0 bridgehead atoms. The minimum absolute atomic E-state index is 0.0749. The molecule has 0 saturated carbocycles. The number of nitrogens with two attached hydrogens (primary N) is 3. The van der Waals surface area contributed by atoms with Crippen LogP contribution in [0.4, 0.5) is 17.6 Å². The number of fused-ring (bicyclic) bond motifs is 2. The summed E-state index contributed by atoms with van der Waals surface area (Å²) >= 11 is 17.6. The monoisotopic (exact) mass is 2140 g/mol. The average molecular weight is 2140 g/mol. The number of anilines is 3. The molecule has 4 aliphatic heterocycles. The van der Waals surface area contributed by atoms with Crippen molar-refractivity contribution in [3.05, 3.63) is 95.0 Å². The molecule has 0 spiro atoms. The van der Waals surface area contributed by atoms with Gasteiger partial charge in [-0.05, 0) is 84.2 Å². The highest BCUT2D eigenvalue weighted by Gasteiger charge is 2.39. The van der Waals surface area contributed by atoms with E-state index in [1.165, 1.54) is 21.7 Å². The molecule has 0 aromatic carbocycles. The Morgan fingerprint density at radius 2 is 0.682 bits per heavy atom. The number of nitrogens with one attached hydrogen (secondary N) is 2. The molecule has 10 rings (SSSR count). The van der Waals surface area contributed by atoms with Gasteiger partial charge in [-0.15, -0.1) is 0 Å². The highest BCUT2D eigenvalue weighted by atomic mass is 32.5. The number of nitrogen functional groups attached to an aromatic ring is 3. The number of aromatic amines is 2. The van der Waals surface area contributed by atoms with Gasteiger partial charge < -0.3 is 142 Å². The van der Waals surface area contributed by atoms with E-state index in [0.717, 1.165) is 5.56 Å². The first kappa shape index (κ1) is 113. The molecule has 4 saturated heterocycles. The molecule has 6 aromatic rings. The lowest BCUT2D eigenvalue weighted by atomic mass is 9.87. The second-order valence-corrected chi connectivity index (χ2v) is 54.4. The SMILES string of the molecule is CC(C)(C)c1cn([C@H]2CC[C@@H](COP([O-])(=S)OP(=O)([O-])OP(=O)([O-])O)O2)c(=O)[nH]c1=O.CC(C)(C)c1cn([C@H]2CC[C@@H](COP([O-])(=S)OP(=O)([O-])OP(=O)([O-])O)O2)c(=O)nc1N.CC(C)(C)c1cn([C@H]2CC[C@@H](COP([O-])(=S)OP(=O)([O-])OP(=O)([O-])O)O2)c2nc(N)[nH]c(=O)c12.CC(C)(C)c1cn([C@H]2CC[C@@H](COP([O-])(=S)OP(=O)([O-])OP(=O)([O-])O)O2)c2ncnc(N)c12. The van der Waals surface area contributed by atoms with Crippen LogP contribution in [0.25, 0.3) is 22.1 Å². The number of hydrogen-bond donors (Lipinski definition) is 9. The summed E-state index contributed by atoms with van der Waals surface area (Å²) < 4.78 is 165. The van der Waals surface area contributed by atoms with E-state index in [-0.39, 0.29) is 23.6 Å². The van der Waals surface area contributed by atoms with Crippen LogP contribution in [0.5, 0.6) is 0 Å². The number of phosphoric acid groups is 8. The lowest BCUT2D eigenvalue weighted by Gasteiger charge is -2.35. The van der Waals surface area contributed by atoms with Crippen LogP contribution in [-0.4, -0.2) is 119 Å². The summed E-state index contributed by atoms with van der Waals surface area (Å²) in [6.07, 6.45) is 5.38. The van der Waals surface area contributed by atoms with Gasteiger partial charge in [0.1, 0.15) is 75.4 Å². The van der Waals surface area contributed by atoms with Gasteiger partial charge >= 0.3 is 11.4 Å². The quantitative estimate of drug-likeness (QED) is 0.0225. The molecule has 6 aromatic heterocycles. The van der Waals surface area contributed by atoms with Crippen molar-refractivity contribution in [1.82, 2.24) is 48.2 Å². The number of H-pyrrole nitrogens is 2. The number of aromatic nitrogens is 10. The fourth-order valence-electron chi connectivity index (χ4n) is 12.3. The van der Waals surface area contributed by atoms with Crippen molar-refractivity contribution in [2.75, 3.05) is 43.6 Å². The van der Waals surface area contributed by atoms with Gasteiger partial charge in [-0.3, -0.25) is 82.5 Å². The Kier molecular flexibility index (Phi) is 37.2. The highest BCUT2D eigenvalue weighted by molar-refractivity contribution is 8.09. The molecule has 57 nitrogen and oxygen atoms in total. The highest BCUT2D eigenvalue weighted by Crippen LogP contribution is 2.65. The molecular weight excluding hydrogens is 2060 g/mol. The maximum absolute atomic E-state index is 12.6. The first-order valence-corrected chi connectivity index (χ1v) is 58.5. The smallest absolute Gasteiger partial charge is 0.351 e. The Balaban J connectivity index is 0.000000236. The third kappa shape index (κ3) is 35.5. The summed E-state index contributed by atoms with van der Waals surface area (Å²) in [4.78, 5) is 240. The Bertz CT molecular complexity index is 5970. The van der Waals surface area contributed by atoms with Crippen molar-refractivity contribution in [3.8, 4) is 0 Å². The van der Waals surface area contributed by atoms with Crippen LogP contribution in [0, 0.1) is 0 Å². The lowest BCUT2D eigenvalue weighted by molar-refractivity contribution is -0.248. The van der Waals surface area contributed by atoms with Crippen molar-refractivity contribution in [2.24, 2.45) is 0 Å². The van der Waals surface area contributed by atoms with E-state index in [1.54, 1.807) is 37.7 Å². The van der Waals surface area contributed by atoms with Crippen molar-refractivity contribution in [1.29, 1.82) is 0 Å². The van der Waals surface area contributed by atoms with E-state index in [1.807, 2.05) is 73.1 Å². The van der Waals surface area contributed by atoms with Gasteiger partial charge in [-0.2, -0.15) is 9.97 Å². The van der Waals surface area contributed by atoms with Crippen LogP contribution < -0.4 is 98.4 Å². The Hall–Kier alpha value is -2.84. The number of ether oxygens (including phenoxy) is 4. The van der Waals surface area contributed by atoms with E-state index < -0.39 is 204 Å².